The number of likely N-dealkylation sites (tertiary alicyclic amines) is 1. The molecule has 2 aromatic heterocycles. The second kappa shape index (κ2) is 9.05. The monoisotopic (exact) mass is 393 g/mol. The van der Waals surface area contributed by atoms with Gasteiger partial charge in [0, 0.05) is 38.1 Å². The molecule has 7 nitrogen and oxygen atoms in total. The van der Waals surface area contributed by atoms with Gasteiger partial charge in [-0.05, 0) is 49.4 Å². The highest BCUT2D eigenvalue weighted by Gasteiger charge is 2.22. The van der Waals surface area contributed by atoms with Crippen LogP contribution in [0.5, 0.6) is 0 Å². The van der Waals surface area contributed by atoms with Crippen LogP contribution in [0.3, 0.4) is 0 Å². The van der Waals surface area contributed by atoms with E-state index in [0.29, 0.717) is 23.9 Å². The lowest BCUT2D eigenvalue weighted by molar-refractivity contribution is 0.0921. The van der Waals surface area contributed by atoms with Crippen LogP contribution in [-0.2, 0) is 13.1 Å². The predicted octanol–water partition coefficient (Wildman–Crippen LogP) is 2.87. The first-order chi connectivity index (χ1) is 14.2. The van der Waals surface area contributed by atoms with Crippen LogP contribution in [0.4, 0.5) is 0 Å². The van der Waals surface area contributed by atoms with Crippen molar-refractivity contribution in [3.05, 3.63) is 71.4 Å². The summed E-state index contributed by atoms with van der Waals surface area (Å²) in [7, 11) is 0. The average Bonchev–Trinajstić information content (AvgIpc) is 3.40. The van der Waals surface area contributed by atoms with Gasteiger partial charge in [-0.1, -0.05) is 29.4 Å². The highest BCUT2D eigenvalue weighted by atomic mass is 16.5. The van der Waals surface area contributed by atoms with Crippen LogP contribution in [0.25, 0.3) is 0 Å². The molecule has 0 spiro atoms. The van der Waals surface area contributed by atoms with Crippen LogP contribution < -0.4 is 5.32 Å². The standard InChI is InChI=1S/C22H27N5O2/c1-17-12-21(25-29-17)22(28)23-13-18-6-4-10-26(14-18)15-19-7-2-3-8-20(19)16-27-11-5-9-24-27/h2-3,5,7-9,11-12,18H,4,6,10,13-16H2,1H3,(H,23,28). The first-order valence-electron chi connectivity index (χ1n) is 10.2. The Bertz CT molecular complexity index is 934. The van der Waals surface area contributed by atoms with Crippen molar-refractivity contribution >= 4 is 5.91 Å². The minimum atomic E-state index is -0.163. The van der Waals surface area contributed by atoms with Gasteiger partial charge < -0.3 is 9.84 Å². The van der Waals surface area contributed by atoms with Crippen molar-refractivity contribution in [3.63, 3.8) is 0 Å². The molecule has 0 radical (unpaired) electrons. The zero-order valence-electron chi connectivity index (χ0n) is 16.8. The Kier molecular flexibility index (Phi) is 6.05. The number of aryl methyl sites for hydroxylation is 1. The number of nitrogens with one attached hydrogen (secondary N) is 1. The van der Waals surface area contributed by atoms with Gasteiger partial charge in [0.2, 0.25) is 0 Å². The maximum atomic E-state index is 12.2. The van der Waals surface area contributed by atoms with E-state index in [0.717, 1.165) is 39.0 Å². The molecule has 3 heterocycles. The van der Waals surface area contributed by atoms with Gasteiger partial charge in [-0.2, -0.15) is 5.10 Å². The third-order valence-corrected chi connectivity index (χ3v) is 5.42. The molecule has 1 amide bonds. The normalized spacial score (nSPS) is 17.3. The molecule has 1 fully saturated rings. The van der Waals surface area contributed by atoms with Crippen LogP contribution in [0, 0.1) is 12.8 Å². The number of benzene rings is 1. The Labute approximate surface area is 170 Å². The Hall–Kier alpha value is -2.93. The summed E-state index contributed by atoms with van der Waals surface area (Å²) >= 11 is 0. The van der Waals surface area contributed by atoms with Crippen LogP contribution in [-0.4, -0.2) is 45.4 Å². The van der Waals surface area contributed by atoms with Gasteiger partial charge in [0.1, 0.15) is 5.76 Å². The lowest BCUT2D eigenvalue weighted by Crippen LogP contribution is -2.40. The third-order valence-electron chi connectivity index (χ3n) is 5.42. The molecule has 1 aliphatic heterocycles. The maximum Gasteiger partial charge on any atom is 0.273 e. The second-order valence-electron chi connectivity index (χ2n) is 7.75. The Balaban J connectivity index is 1.33. The largest absolute Gasteiger partial charge is 0.361 e. The van der Waals surface area contributed by atoms with E-state index in [-0.39, 0.29) is 5.91 Å². The van der Waals surface area contributed by atoms with Gasteiger partial charge in [0.05, 0.1) is 6.54 Å². The number of aromatic nitrogens is 3. The first kappa shape index (κ1) is 19.4. The summed E-state index contributed by atoms with van der Waals surface area (Å²) < 4.78 is 6.94. The summed E-state index contributed by atoms with van der Waals surface area (Å²) in [5.41, 5.74) is 2.99. The molecule has 1 aliphatic rings. The third kappa shape index (κ3) is 5.12. The Morgan fingerprint density at radius 1 is 1.24 bits per heavy atom. The molecule has 1 N–H and O–H groups in total. The summed E-state index contributed by atoms with van der Waals surface area (Å²) in [4.78, 5) is 14.7. The lowest BCUT2D eigenvalue weighted by Gasteiger charge is -2.33. The van der Waals surface area contributed by atoms with E-state index in [4.69, 9.17) is 4.52 Å². The summed E-state index contributed by atoms with van der Waals surface area (Å²) in [5, 5.41) is 11.1. The van der Waals surface area contributed by atoms with E-state index in [1.807, 2.05) is 23.1 Å². The van der Waals surface area contributed by atoms with Gasteiger partial charge in [-0.3, -0.25) is 14.4 Å². The van der Waals surface area contributed by atoms with Crippen molar-refractivity contribution in [3.8, 4) is 0 Å². The molecular weight excluding hydrogens is 366 g/mol. The topological polar surface area (TPSA) is 76.2 Å². The van der Waals surface area contributed by atoms with Crippen molar-refractivity contribution in [1.29, 1.82) is 0 Å². The molecule has 29 heavy (non-hydrogen) atoms. The molecular formula is C22H27N5O2. The zero-order valence-corrected chi connectivity index (χ0v) is 16.8. The van der Waals surface area contributed by atoms with Gasteiger partial charge in [-0.15, -0.1) is 0 Å². The van der Waals surface area contributed by atoms with Gasteiger partial charge in [0.25, 0.3) is 5.91 Å². The summed E-state index contributed by atoms with van der Waals surface area (Å²) in [6, 6.07) is 12.2. The van der Waals surface area contributed by atoms with Crippen LogP contribution in [0.15, 0.2) is 53.3 Å². The van der Waals surface area contributed by atoms with Gasteiger partial charge in [0.15, 0.2) is 5.69 Å². The minimum absolute atomic E-state index is 0.163. The molecule has 1 saturated heterocycles. The number of carbonyl (C=O) groups is 1. The number of hydrogen-bond acceptors (Lipinski definition) is 5. The molecule has 152 valence electrons. The van der Waals surface area contributed by atoms with E-state index in [9.17, 15) is 4.79 Å². The molecule has 1 unspecified atom stereocenters. The minimum Gasteiger partial charge on any atom is -0.361 e. The average molecular weight is 393 g/mol. The summed E-state index contributed by atoms with van der Waals surface area (Å²) in [6.07, 6.45) is 6.08. The van der Waals surface area contributed by atoms with Crippen molar-refractivity contribution < 1.29 is 9.32 Å². The first-order valence-corrected chi connectivity index (χ1v) is 10.2. The molecule has 7 heteroatoms. The number of nitrogens with zero attached hydrogens (tertiary/aromatic N) is 4. The number of carbonyl (C=O) groups excluding carboxylic acids is 1. The van der Waals surface area contributed by atoms with E-state index in [2.05, 4.69) is 44.7 Å². The van der Waals surface area contributed by atoms with E-state index in [1.165, 1.54) is 11.1 Å². The predicted molar refractivity (Wildman–Crippen MR) is 109 cm³/mol. The fourth-order valence-electron chi connectivity index (χ4n) is 3.94. The summed E-state index contributed by atoms with van der Waals surface area (Å²) in [6.45, 7) is 6.22. The van der Waals surface area contributed by atoms with Crippen molar-refractivity contribution in [1.82, 2.24) is 25.2 Å². The van der Waals surface area contributed by atoms with Crippen LogP contribution in [0.1, 0.15) is 40.2 Å². The molecule has 0 bridgehead atoms. The molecule has 3 aromatic rings. The van der Waals surface area contributed by atoms with Crippen molar-refractivity contribution in [2.45, 2.75) is 32.9 Å². The van der Waals surface area contributed by atoms with E-state index >= 15 is 0 Å². The van der Waals surface area contributed by atoms with Crippen molar-refractivity contribution in [2.24, 2.45) is 5.92 Å². The van der Waals surface area contributed by atoms with E-state index < -0.39 is 0 Å². The SMILES string of the molecule is Cc1cc(C(=O)NCC2CCCN(Cc3ccccc3Cn3cccn3)C2)no1. The summed E-state index contributed by atoms with van der Waals surface area (Å²) in [5.74, 6) is 0.926. The molecule has 0 saturated carbocycles. The number of piperidine rings is 1. The zero-order chi connectivity index (χ0) is 20.1. The fraction of sp³-hybridized carbons (Fsp3) is 0.409. The van der Waals surface area contributed by atoms with Gasteiger partial charge in [-0.25, -0.2) is 0 Å². The number of hydrogen-bond donors (Lipinski definition) is 1. The smallest absolute Gasteiger partial charge is 0.273 e. The quantitative estimate of drug-likeness (QED) is 0.668. The molecule has 1 aromatic carbocycles. The number of rotatable bonds is 7. The molecule has 1 atom stereocenters. The highest BCUT2D eigenvalue weighted by molar-refractivity contribution is 5.92. The Morgan fingerprint density at radius 3 is 2.79 bits per heavy atom. The molecule has 0 aliphatic carbocycles. The lowest BCUT2D eigenvalue weighted by atomic mass is 9.96. The second-order valence-corrected chi connectivity index (χ2v) is 7.75. The maximum absolute atomic E-state index is 12.2. The van der Waals surface area contributed by atoms with Crippen molar-refractivity contribution in [2.75, 3.05) is 19.6 Å². The van der Waals surface area contributed by atoms with Crippen LogP contribution >= 0.6 is 0 Å². The molecule has 4 rings (SSSR count). The highest BCUT2D eigenvalue weighted by Crippen LogP contribution is 2.20. The fourth-order valence-corrected chi connectivity index (χ4v) is 3.94. The van der Waals surface area contributed by atoms with Crippen LogP contribution in [0.2, 0.25) is 0 Å². The van der Waals surface area contributed by atoms with Gasteiger partial charge >= 0.3 is 0 Å². The number of amides is 1. The van der Waals surface area contributed by atoms with E-state index in [1.54, 1.807) is 13.0 Å². The Morgan fingerprint density at radius 2 is 2.07 bits per heavy atom.